The van der Waals surface area contributed by atoms with Crippen LogP contribution in [0.25, 0.3) is 0 Å². The second kappa shape index (κ2) is 9.41. The predicted molar refractivity (Wildman–Crippen MR) is 103 cm³/mol. The Morgan fingerprint density at radius 3 is 2.69 bits per heavy atom. The molecule has 1 aromatic heterocycles. The summed E-state index contributed by atoms with van der Waals surface area (Å²) in [5.41, 5.74) is -0.878. The van der Waals surface area contributed by atoms with E-state index < -0.39 is 11.5 Å². The molecule has 1 spiro atoms. The number of aliphatic hydroxyl groups is 1. The van der Waals surface area contributed by atoms with Crippen LogP contribution in [0.15, 0.2) is 16.5 Å². The lowest BCUT2D eigenvalue weighted by molar-refractivity contribution is -0.147. The Morgan fingerprint density at radius 1 is 1.28 bits per heavy atom. The third kappa shape index (κ3) is 4.62. The lowest BCUT2D eigenvalue weighted by Crippen LogP contribution is -2.62. The molecule has 2 amide bonds. The molecule has 3 N–H and O–H groups in total. The van der Waals surface area contributed by atoms with Gasteiger partial charge in [-0.3, -0.25) is 19.3 Å². The van der Waals surface area contributed by atoms with Gasteiger partial charge in [-0.15, -0.1) is 0 Å². The van der Waals surface area contributed by atoms with E-state index in [2.05, 4.69) is 10.2 Å². The standard InChI is InChI=1S/C19H27N3O4.CH2O2/c23-16-6-11-22(13-19(16)7-3-8-20-18(19)25)17(24)15-5-4-14(26-15)12-21-9-1-2-10-21;2-1-3/h4-5,16,23H,1-3,6-13H2,(H,20,25);1H,(H,2,3)/t16-,19-;/m1./s1. The van der Waals surface area contributed by atoms with Crippen molar-refractivity contribution in [2.75, 3.05) is 32.7 Å². The Labute approximate surface area is 169 Å². The molecule has 0 aliphatic carbocycles. The van der Waals surface area contributed by atoms with Gasteiger partial charge in [0.25, 0.3) is 12.4 Å². The fraction of sp³-hybridized carbons (Fsp3) is 0.650. The van der Waals surface area contributed by atoms with Crippen molar-refractivity contribution in [3.8, 4) is 0 Å². The molecule has 2 atom stereocenters. The average molecular weight is 407 g/mol. The molecule has 29 heavy (non-hydrogen) atoms. The summed E-state index contributed by atoms with van der Waals surface area (Å²) in [5, 5.41) is 20.2. The molecule has 0 bridgehead atoms. The highest BCUT2D eigenvalue weighted by Gasteiger charge is 2.50. The molecule has 4 heterocycles. The van der Waals surface area contributed by atoms with Gasteiger partial charge in [-0.2, -0.15) is 0 Å². The number of carboxylic acid groups (broad SMARTS) is 1. The van der Waals surface area contributed by atoms with Crippen molar-refractivity contribution in [1.29, 1.82) is 0 Å². The lowest BCUT2D eigenvalue weighted by Gasteiger charge is -2.46. The molecule has 3 aliphatic heterocycles. The Balaban J connectivity index is 0.000000755. The van der Waals surface area contributed by atoms with E-state index in [9.17, 15) is 14.7 Å². The highest BCUT2D eigenvalue weighted by atomic mass is 16.4. The third-order valence-corrected chi connectivity index (χ3v) is 6.06. The smallest absolute Gasteiger partial charge is 0.290 e. The molecule has 1 aromatic rings. The molecule has 0 radical (unpaired) electrons. The maximum absolute atomic E-state index is 12.9. The Morgan fingerprint density at radius 2 is 2.00 bits per heavy atom. The van der Waals surface area contributed by atoms with Crippen molar-refractivity contribution in [2.24, 2.45) is 5.41 Å². The molecule has 9 heteroatoms. The number of hydrogen-bond donors (Lipinski definition) is 3. The Bertz CT molecular complexity index is 730. The number of furan rings is 1. The topological polar surface area (TPSA) is 123 Å². The highest BCUT2D eigenvalue weighted by Crippen LogP contribution is 2.37. The maximum atomic E-state index is 12.9. The second-order valence-electron chi connectivity index (χ2n) is 7.90. The van der Waals surface area contributed by atoms with Gasteiger partial charge < -0.3 is 24.8 Å². The largest absolute Gasteiger partial charge is 0.483 e. The molecular formula is C20H29N3O6. The maximum Gasteiger partial charge on any atom is 0.290 e. The van der Waals surface area contributed by atoms with Crippen molar-refractivity contribution >= 4 is 18.3 Å². The first-order chi connectivity index (χ1) is 14.0. The summed E-state index contributed by atoms with van der Waals surface area (Å²) in [7, 11) is 0. The SMILES string of the molecule is O=C(c1ccc(CN2CCCC2)o1)N1CC[C@@H](O)[C@@]2(CCCNC2=O)C1.O=CO. The van der Waals surface area contributed by atoms with Crippen LogP contribution in [0, 0.1) is 5.41 Å². The fourth-order valence-corrected chi connectivity index (χ4v) is 4.51. The van der Waals surface area contributed by atoms with Crippen molar-refractivity contribution < 1.29 is 29.0 Å². The summed E-state index contributed by atoms with van der Waals surface area (Å²) in [6.07, 6.45) is 3.59. The van der Waals surface area contributed by atoms with Crippen molar-refractivity contribution in [3.63, 3.8) is 0 Å². The first-order valence-corrected chi connectivity index (χ1v) is 10.1. The van der Waals surface area contributed by atoms with E-state index in [0.717, 1.165) is 31.8 Å². The number of amides is 2. The van der Waals surface area contributed by atoms with Crippen LogP contribution < -0.4 is 5.32 Å². The molecule has 0 aromatic carbocycles. The van der Waals surface area contributed by atoms with Crippen molar-refractivity contribution in [2.45, 2.75) is 44.8 Å². The number of aliphatic hydroxyl groups excluding tert-OH is 1. The molecule has 0 saturated carbocycles. The number of rotatable bonds is 3. The monoisotopic (exact) mass is 407 g/mol. The minimum Gasteiger partial charge on any atom is -0.483 e. The summed E-state index contributed by atoms with van der Waals surface area (Å²) in [6.45, 7) is 3.97. The van der Waals surface area contributed by atoms with Gasteiger partial charge in [-0.1, -0.05) is 0 Å². The van der Waals surface area contributed by atoms with Crippen LogP contribution in [0.4, 0.5) is 0 Å². The predicted octanol–water partition coefficient (Wildman–Crippen LogP) is 0.679. The van der Waals surface area contributed by atoms with Gasteiger partial charge in [0.2, 0.25) is 5.91 Å². The van der Waals surface area contributed by atoms with E-state index in [1.807, 2.05) is 6.07 Å². The van der Waals surface area contributed by atoms with Crippen LogP contribution in [-0.4, -0.2) is 77.1 Å². The summed E-state index contributed by atoms with van der Waals surface area (Å²) in [5.74, 6) is 0.796. The number of nitrogens with zero attached hydrogens (tertiary/aromatic N) is 2. The van der Waals surface area contributed by atoms with E-state index in [0.29, 0.717) is 31.7 Å². The van der Waals surface area contributed by atoms with Crippen molar-refractivity contribution in [1.82, 2.24) is 15.1 Å². The van der Waals surface area contributed by atoms with Gasteiger partial charge in [0, 0.05) is 19.6 Å². The van der Waals surface area contributed by atoms with E-state index in [4.69, 9.17) is 14.3 Å². The molecule has 3 aliphatic rings. The summed E-state index contributed by atoms with van der Waals surface area (Å²) >= 11 is 0. The minimum absolute atomic E-state index is 0.136. The molecule has 3 fully saturated rings. The van der Waals surface area contributed by atoms with Crippen LogP contribution >= 0.6 is 0 Å². The quantitative estimate of drug-likeness (QED) is 0.630. The van der Waals surface area contributed by atoms with Crippen LogP contribution in [0.2, 0.25) is 0 Å². The van der Waals surface area contributed by atoms with Crippen LogP contribution in [0.5, 0.6) is 0 Å². The number of carbonyl (C=O) groups excluding carboxylic acids is 2. The number of carbonyl (C=O) groups is 3. The van der Waals surface area contributed by atoms with E-state index in [-0.39, 0.29) is 24.8 Å². The van der Waals surface area contributed by atoms with E-state index >= 15 is 0 Å². The zero-order chi connectivity index (χ0) is 20.9. The molecule has 0 unspecified atom stereocenters. The van der Waals surface area contributed by atoms with Gasteiger partial charge in [0.05, 0.1) is 18.1 Å². The number of piperidine rings is 2. The fourth-order valence-electron chi connectivity index (χ4n) is 4.51. The van der Waals surface area contributed by atoms with Gasteiger partial charge >= 0.3 is 0 Å². The normalized spacial score (nSPS) is 27.3. The molecule has 160 valence electrons. The molecule has 9 nitrogen and oxygen atoms in total. The molecule has 4 rings (SSSR count). The van der Waals surface area contributed by atoms with E-state index in [1.54, 1.807) is 11.0 Å². The third-order valence-electron chi connectivity index (χ3n) is 6.06. The second-order valence-corrected chi connectivity index (χ2v) is 7.90. The van der Waals surface area contributed by atoms with Crippen molar-refractivity contribution in [3.05, 3.63) is 23.7 Å². The van der Waals surface area contributed by atoms with Gasteiger partial charge in [0.15, 0.2) is 5.76 Å². The lowest BCUT2D eigenvalue weighted by atomic mass is 9.71. The van der Waals surface area contributed by atoms with Crippen LogP contribution in [0.3, 0.4) is 0 Å². The summed E-state index contributed by atoms with van der Waals surface area (Å²) in [6, 6.07) is 3.60. The zero-order valence-electron chi connectivity index (χ0n) is 16.5. The first-order valence-electron chi connectivity index (χ1n) is 10.1. The van der Waals surface area contributed by atoms with Crippen LogP contribution in [-0.2, 0) is 16.1 Å². The summed E-state index contributed by atoms with van der Waals surface area (Å²) in [4.78, 5) is 37.7. The average Bonchev–Trinajstić information content (AvgIpc) is 3.39. The molecular weight excluding hydrogens is 378 g/mol. The van der Waals surface area contributed by atoms with Crippen LogP contribution in [0.1, 0.15) is 48.4 Å². The van der Waals surface area contributed by atoms with E-state index in [1.165, 1.54) is 12.8 Å². The highest BCUT2D eigenvalue weighted by molar-refractivity contribution is 5.93. The number of likely N-dealkylation sites (tertiary alicyclic amines) is 2. The Hall–Kier alpha value is -2.39. The number of nitrogens with one attached hydrogen (secondary N) is 1. The zero-order valence-corrected chi connectivity index (χ0v) is 16.5. The number of hydrogen-bond acceptors (Lipinski definition) is 6. The van der Waals surface area contributed by atoms with Gasteiger partial charge in [-0.05, 0) is 57.3 Å². The first kappa shape index (κ1) is 21.3. The molecule has 3 saturated heterocycles. The Kier molecular flexibility index (Phi) is 6.92. The summed E-state index contributed by atoms with van der Waals surface area (Å²) < 4.78 is 5.79. The van der Waals surface area contributed by atoms with Gasteiger partial charge in [-0.25, -0.2) is 0 Å². The minimum atomic E-state index is -0.878. The van der Waals surface area contributed by atoms with Gasteiger partial charge in [0.1, 0.15) is 5.76 Å².